The molecular formula is C10H9ClN2O4. The van der Waals surface area contributed by atoms with Gasteiger partial charge < -0.3 is 10.5 Å². The molecule has 2 amide bonds. The Hall–Kier alpha value is -1.95. The van der Waals surface area contributed by atoms with E-state index in [0.29, 0.717) is 10.6 Å². The molecule has 1 aromatic carbocycles. The van der Waals surface area contributed by atoms with Crippen LogP contribution in [0.2, 0.25) is 5.02 Å². The molecule has 0 unspecified atom stereocenters. The lowest BCUT2D eigenvalue weighted by molar-refractivity contribution is -0.119. The van der Waals surface area contributed by atoms with Gasteiger partial charge in [0.25, 0.3) is 5.91 Å². The van der Waals surface area contributed by atoms with E-state index in [-0.39, 0.29) is 6.42 Å². The second-order valence-corrected chi connectivity index (χ2v) is 3.61. The molecule has 0 aliphatic carbocycles. The summed E-state index contributed by atoms with van der Waals surface area (Å²) in [5.74, 6) is -0.934. The third-order valence-electron chi connectivity index (χ3n) is 1.94. The molecule has 0 radical (unpaired) electrons. The Morgan fingerprint density at radius 2 is 2.18 bits per heavy atom. The van der Waals surface area contributed by atoms with Crippen LogP contribution < -0.4 is 5.73 Å². The van der Waals surface area contributed by atoms with Crippen molar-refractivity contribution in [2.45, 2.75) is 12.5 Å². The van der Waals surface area contributed by atoms with E-state index in [9.17, 15) is 14.5 Å². The number of rotatable bonds is 4. The molecule has 0 aliphatic rings. The molecule has 7 heteroatoms. The Bertz CT molecular complexity index is 450. The van der Waals surface area contributed by atoms with Gasteiger partial charge in [-0.2, -0.15) is 0 Å². The molecule has 1 atom stereocenters. The second kappa shape index (κ2) is 5.95. The highest BCUT2D eigenvalue weighted by Crippen LogP contribution is 2.24. The summed E-state index contributed by atoms with van der Waals surface area (Å²) in [7, 11) is 0. The summed E-state index contributed by atoms with van der Waals surface area (Å²) in [6.45, 7) is 0. The van der Waals surface area contributed by atoms with Crippen molar-refractivity contribution in [3.05, 3.63) is 39.8 Å². The van der Waals surface area contributed by atoms with Crippen LogP contribution in [-0.4, -0.2) is 12.0 Å². The zero-order valence-electron chi connectivity index (χ0n) is 8.63. The minimum Gasteiger partial charge on any atom is -0.441 e. The van der Waals surface area contributed by atoms with Gasteiger partial charge in [-0.1, -0.05) is 23.7 Å². The number of ether oxygens (including phenoxy) is 1. The minimum atomic E-state index is -1.05. The molecule has 0 bridgehead atoms. The highest BCUT2D eigenvalue weighted by atomic mass is 35.5. The molecule has 17 heavy (non-hydrogen) atoms. The van der Waals surface area contributed by atoms with Crippen LogP contribution in [0.25, 0.3) is 0 Å². The summed E-state index contributed by atoms with van der Waals surface area (Å²) < 4.78 is 4.72. The van der Waals surface area contributed by atoms with E-state index in [4.69, 9.17) is 22.1 Å². The number of nitrogens with two attached hydrogens (primary N) is 1. The largest absolute Gasteiger partial charge is 0.441 e. The third-order valence-corrected chi connectivity index (χ3v) is 2.18. The van der Waals surface area contributed by atoms with Crippen molar-refractivity contribution < 1.29 is 14.3 Å². The van der Waals surface area contributed by atoms with E-state index in [1.54, 1.807) is 18.2 Å². The lowest BCUT2D eigenvalue weighted by Crippen LogP contribution is -2.19. The maximum Gasteiger partial charge on any atom is 0.405 e. The number of halogens is 1. The highest BCUT2D eigenvalue weighted by Gasteiger charge is 2.20. The fourth-order valence-electron chi connectivity index (χ4n) is 1.27. The molecule has 2 N–H and O–H groups in total. The van der Waals surface area contributed by atoms with E-state index >= 15 is 0 Å². The van der Waals surface area contributed by atoms with Crippen LogP contribution in [0.15, 0.2) is 29.4 Å². The van der Waals surface area contributed by atoms with Crippen LogP contribution in [-0.2, 0) is 9.53 Å². The Kier molecular flexibility index (Phi) is 4.59. The summed E-state index contributed by atoms with van der Waals surface area (Å²) in [5.41, 5.74) is 5.34. The number of carbonyl (C=O) groups excluding carboxylic acids is 2. The fraction of sp³-hybridized carbons (Fsp3) is 0.200. The number of carbonyl (C=O) groups is 2. The third kappa shape index (κ3) is 4.20. The van der Waals surface area contributed by atoms with Crippen molar-refractivity contribution in [3.8, 4) is 0 Å². The minimum absolute atomic E-state index is 0.368. The van der Waals surface area contributed by atoms with Crippen molar-refractivity contribution >= 4 is 23.6 Å². The van der Waals surface area contributed by atoms with E-state index in [2.05, 4.69) is 5.18 Å². The van der Waals surface area contributed by atoms with Crippen LogP contribution in [0, 0.1) is 4.91 Å². The van der Waals surface area contributed by atoms with Crippen LogP contribution in [0.4, 0.5) is 4.79 Å². The molecule has 0 fully saturated rings. The zero-order valence-corrected chi connectivity index (χ0v) is 9.39. The van der Waals surface area contributed by atoms with Crippen molar-refractivity contribution in [2.75, 3.05) is 0 Å². The Balaban J connectivity index is 2.92. The first-order chi connectivity index (χ1) is 8.02. The average Bonchev–Trinajstić information content (AvgIpc) is 2.27. The van der Waals surface area contributed by atoms with Gasteiger partial charge in [0.15, 0.2) is 0 Å². The average molecular weight is 257 g/mol. The fourth-order valence-corrected chi connectivity index (χ4v) is 1.47. The molecule has 0 heterocycles. The molecule has 0 aliphatic heterocycles. The van der Waals surface area contributed by atoms with Gasteiger partial charge in [0.05, 0.1) is 6.42 Å². The van der Waals surface area contributed by atoms with E-state index in [1.807, 2.05) is 0 Å². The van der Waals surface area contributed by atoms with Crippen LogP contribution in [0.1, 0.15) is 18.1 Å². The van der Waals surface area contributed by atoms with Gasteiger partial charge in [-0.15, -0.1) is 4.91 Å². The van der Waals surface area contributed by atoms with Gasteiger partial charge in [-0.05, 0) is 17.7 Å². The first-order valence-corrected chi connectivity index (χ1v) is 4.98. The van der Waals surface area contributed by atoms with Gasteiger partial charge in [0.2, 0.25) is 0 Å². The van der Waals surface area contributed by atoms with E-state index in [0.717, 1.165) is 0 Å². The van der Waals surface area contributed by atoms with Crippen LogP contribution in [0.3, 0.4) is 0 Å². The van der Waals surface area contributed by atoms with E-state index in [1.165, 1.54) is 6.07 Å². The molecule has 0 saturated heterocycles. The summed E-state index contributed by atoms with van der Waals surface area (Å²) in [6.07, 6.45) is -2.38. The standard InChI is InChI=1S/C10H9ClN2O4/c11-7-3-1-2-6(4-7)8(17-10(12)15)5-9(14)13-16/h1-4,8H,5H2,(H2,12,15)/t8-/m0/s1. The number of primary amides is 1. The maximum atomic E-state index is 10.9. The number of hydrogen-bond acceptors (Lipinski definition) is 4. The van der Waals surface area contributed by atoms with Gasteiger partial charge >= 0.3 is 6.09 Å². The Morgan fingerprint density at radius 1 is 1.47 bits per heavy atom. The molecule has 1 rings (SSSR count). The number of nitrogens with zero attached hydrogens (tertiary/aromatic N) is 1. The molecule has 1 aromatic rings. The summed E-state index contributed by atoms with van der Waals surface area (Å²) in [4.78, 5) is 31.6. The summed E-state index contributed by atoms with van der Waals surface area (Å²) in [5, 5.41) is 2.64. The first-order valence-electron chi connectivity index (χ1n) is 4.60. The molecule has 6 nitrogen and oxygen atoms in total. The van der Waals surface area contributed by atoms with Crippen molar-refractivity contribution in [2.24, 2.45) is 10.9 Å². The highest BCUT2D eigenvalue weighted by molar-refractivity contribution is 6.30. The van der Waals surface area contributed by atoms with Gasteiger partial charge in [-0.3, -0.25) is 4.79 Å². The molecule has 0 saturated carbocycles. The quantitative estimate of drug-likeness (QED) is 0.834. The molecule has 0 spiro atoms. The van der Waals surface area contributed by atoms with Crippen LogP contribution >= 0.6 is 11.6 Å². The number of hydrogen-bond donors (Lipinski definition) is 1. The predicted molar refractivity (Wildman–Crippen MR) is 60.3 cm³/mol. The molecule has 90 valence electrons. The lowest BCUT2D eigenvalue weighted by Gasteiger charge is -2.14. The van der Waals surface area contributed by atoms with E-state index < -0.39 is 18.1 Å². The first kappa shape index (κ1) is 13.1. The molecular weight excluding hydrogens is 248 g/mol. The van der Waals surface area contributed by atoms with Crippen molar-refractivity contribution in [1.29, 1.82) is 0 Å². The maximum absolute atomic E-state index is 10.9. The van der Waals surface area contributed by atoms with Gasteiger partial charge in [-0.25, -0.2) is 4.79 Å². The van der Waals surface area contributed by atoms with Crippen LogP contribution in [0.5, 0.6) is 0 Å². The lowest BCUT2D eigenvalue weighted by atomic mass is 10.1. The normalized spacial score (nSPS) is 11.6. The van der Waals surface area contributed by atoms with Gasteiger partial charge in [0.1, 0.15) is 6.10 Å². The van der Waals surface area contributed by atoms with Crippen molar-refractivity contribution in [3.63, 3.8) is 0 Å². The second-order valence-electron chi connectivity index (χ2n) is 3.17. The SMILES string of the molecule is NC(=O)O[C@@H](CC(=O)N=O)c1cccc(Cl)c1. The summed E-state index contributed by atoms with van der Waals surface area (Å²) >= 11 is 5.75. The Labute approximate surface area is 102 Å². The van der Waals surface area contributed by atoms with Gasteiger partial charge in [0, 0.05) is 10.2 Å². The smallest absolute Gasteiger partial charge is 0.405 e. The Morgan fingerprint density at radius 3 is 2.71 bits per heavy atom. The number of nitroso groups, excluding NO2 is 1. The topological polar surface area (TPSA) is 98.8 Å². The van der Waals surface area contributed by atoms with Crippen molar-refractivity contribution in [1.82, 2.24) is 0 Å². The molecule has 0 aromatic heterocycles. The number of amides is 2. The summed E-state index contributed by atoms with van der Waals surface area (Å²) in [6, 6.07) is 6.34. The monoisotopic (exact) mass is 256 g/mol. The zero-order chi connectivity index (χ0) is 12.8. The number of benzene rings is 1. The predicted octanol–water partition coefficient (Wildman–Crippen LogP) is 2.16.